The fourth-order valence-electron chi connectivity index (χ4n) is 4.86. The van der Waals surface area contributed by atoms with Crippen LogP contribution in [0.4, 0.5) is 0 Å². The third kappa shape index (κ3) is 4.00. The van der Waals surface area contributed by atoms with E-state index in [0.29, 0.717) is 45.6 Å². The van der Waals surface area contributed by atoms with Gasteiger partial charge < -0.3 is 9.47 Å². The Morgan fingerprint density at radius 2 is 1.97 bits per heavy atom. The molecule has 1 N–H and O–H groups in total. The van der Waals surface area contributed by atoms with Crippen LogP contribution in [0.2, 0.25) is 10.0 Å². The van der Waals surface area contributed by atoms with Crippen molar-refractivity contribution in [3.63, 3.8) is 0 Å². The predicted molar refractivity (Wildman–Crippen MR) is 145 cm³/mol. The summed E-state index contributed by atoms with van der Waals surface area (Å²) in [6, 6.07) is 13.2. The minimum absolute atomic E-state index is 0.230. The van der Waals surface area contributed by atoms with Crippen molar-refractivity contribution in [2.75, 3.05) is 0 Å². The van der Waals surface area contributed by atoms with E-state index in [4.69, 9.17) is 42.8 Å². The van der Waals surface area contributed by atoms with Crippen LogP contribution in [0.3, 0.4) is 0 Å². The number of nitrogens with zero attached hydrogens (tertiary/aromatic N) is 7. The van der Waals surface area contributed by atoms with Crippen molar-refractivity contribution in [1.29, 1.82) is 0 Å². The first-order valence-electron chi connectivity index (χ1n) is 12.1. The summed E-state index contributed by atoms with van der Waals surface area (Å²) in [5, 5.41) is 17.3. The number of benzene rings is 2. The van der Waals surface area contributed by atoms with Gasteiger partial charge in [0.05, 0.1) is 22.7 Å². The fourth-order valence-corrected chi connectivity index (χ4v) is 5.21. The summed E-state index contributed by atoms with van der Waals surface area (Å²) in [4.78, 5) is 9.50. The van der Waals surface area contributed by atoms with Crippen LogP contribution in [0.25, 0.3) is 17.0 Å². The van der Waals surface area contributed by atoms with Gasteiger partial charge >= 0.3 is 0 Å². The van der Waals surface area contributed by atoms with Gasteiger partial charge in [-0.1, -0.05) is 47.5 Å². The zero-order valence-corrected chi connectivity index (χ0v) is 22.3. The molecule has 1 aliphatic heterocycles. The standard InChI is InChI=1S/C27H20Cl2N8O2/c1-14-20-21(17-10-31-36(2)11-17)22-25-32-24(35-37(25)13-30-26(22)39-27(20)34-33-14)16-6-3-5-15(9-16)12-38-19-8-4-7-18(28)23(19)29/h3-11,13,21H,12H2,1-2H3,(H,33,34). The lowest BCUT2D eigenvalue weighted by Gasteiger charge is -2.24. The highest BCUT2D eigenvalue weighted by atomic mass is 35.5. The minimum Gasteiger partial charge on any atom is -0.487 e. The molecule has 0 bridgehead atoms. The Kier molecular flexibility index (Phi) is 5.53. The Bertz CT molecular complexity index is 1880. The molecule has 1 aliphatic rings. The Balaban J connectivity index is 1.28. The molecule has 0 saturated carbocycles. The summed E-state index contributed by atoms with van der Waals surface area (Å²) in [6.07, 6.45) is 5.42. The van der Waals surface area contributed by atoms with Crippen molar-refractivity contribution in [2.45, 2.75) is 19.4 Å². The molecule has 0 aliphatic carbocycles. The van der Waals surface area contributed by atoms with Crippen LogP contribution in [0.15, 0.2) is 61.2 Å². The van der Waals surface area contributed by atoms with Gasteiger partial charge in [-0.25, -0.2) is 14.5 Å². The zero-order chi connectivity index (χ0) is 26.7. The molecular formula is C27H20Cl2N8O2. The monoisotopic (exact) mass is 558 g/mol. The molecule has 5 heterocycles. The highest BCUT2D eigenvalue weighted by Gasteiger charge is 2.37. The molecule has 7 rings (SSSR count). The van der Waals surface area contributed by atoms with Crippen LogP contribution in [-0.4, -0.2) is 39.6 Å². The third-order valence-corrected chi connectivity index (χ3v) is 7.47. The average molecular weight is 559 g/mol. The van der Waals surface area contributed by atoms with E-state index < -0.39 is 0 Å². The van der Waals surface area contributed by atoms with Gasteiger partial charge in [0, 0.05) is 35.6 Å². The van der Waals surface area contributed by atoms with E-state index in [1.807, 2.05) is 50.6 Å². The van der Waals surface area contributed by atoms with E-state index in [2.05, 4.69) is 20.3 Å². The zero-order valence-electron chi connectivity index (χ0n) is 20.8. The summed E-state index contributed by atoms with van der Waals surface area (Å²) in [6.45, 7) is 2.27. The molecule has 6 aromatic rings. The molecule has 194 valence electrons. The van der Waals surface area contributed by atoms with Gasteiger partial charge in [0.25, 0.3) is 0 Å². The summed E-state index contributed by atoms with van der Waals surface area (Å²) in [5.41, 5.74) is 6.01. The highest BCUT2D eigenvalue weighted by molar-refractivity contribution is 6.42. The second-order valence-electron chi connectivity index (χ2n) is 9.26. The van der Waals surface area contributed by atoms with Crippen molar-refractivity contribution in [1.82, 2.24) is 39.6 Å². The second-order valence-corrected chi connectivity index (χ2v) is 10.0. The van der Waals surface area contributed by atoms with E-state index >= 15 is 0 Å². The van der Waals surface area contributed by atoms with Gasteiger partial charge in [0.1, 0.15) is 23.7 Å². The van der Waals surface area contributed by atoms with Crippen molar-refractivity contribution in [3.8, 4) is 28.9 Å². The lowest BCUT2D eigenvalue weighted by atomic mass is 9.86. The third-order valence-electron chi connectivity index (χ3n) is 6.67. The molecule has 0 amide bonds. The quantitative estimate of drug-likeness (QED) is 0.287. The number of aromatic amines is 1. The van der Waals surface area contributed by atoms with Crippen LogP contribution >= 0.6 is 23.2 Å². The lowest BCUT2D eigenvalue weighted by Crippen LogP contribution is -2.14. The van der Waals surface area contributed by atoms with Crippen LogP contribution in [0.1, 0.15) is 33.9 Å². The Hall–Kier alpha value is -4.41. The Morgan fingerprint density at radius 1 is 1.10 bits per heavy atom. The number of hydrogen-bond acceptors (Lipinski definition) is 7. The number of halogens is 2. The maximum atomic E-state index is 6.27. The van der Waals surface area contributed by atoms with Gasteiger partial charge in [-0.3, -0.25) is 9.78 Å². The van der Waals surface area contributed by atoms with Crippen LogP contribution in [0.5, 0.6) is 17.5 Å². The number of aryl methyl sites for hydroxylation is 2. The lowest BCUT2D eigenvalue weighted by molar-refractivity contribution is 0.306. The molecule has 0 radical (unpaired) electrons. The van der Waals surface area contributed by atoms with Gasteiger partial charge in [-0.2, -0.15) is 5.10 Å². The van der Waals surface area contributed by atoms with E-state index in [9.17, 15) is 0 Å². The number of nitrogens with one attached hydrogen (secondary N) is 1. The van der Waals surface area contributed by atoms with Crippen molar-refractivity contribution < 1.29 is 9.47 Å². The first-order valence-corrected chi connectivity index (χ1v) is 12.8. The Labute approximate surface area is 232 Å². The molecule has 10 nitrogen and oxygen atoms in total. The molecule has 0 saturated heterocycles. The molecular weight excluding hydrogens is 539 g/mol. The number of aromatic nitrogens is 8. The fraction of sp³-hybridized carbons (Fsp3) is 0.148. The van der Waals surface area contributed by atoms with E-state index in [-0.39, 0.29) is 5.92 Å². The second kappa shape index (κ2) is 9.11. The SMILES string of the molecule is Cc1[nH]nc2c1C(c1cnn(C)c1)c1c(ncn3nc(-c4cccc(COc5cccc(Cl)c5Cl)c4)nc13)O2. The van der Waals surface area contributed by atoms with Gasteiger partial charge in [-0.05, 0) is 30.7 Å². The number of fused-ring (bicyclic) bond motifs is 4. The summed E-state index contributed by atoms with van der Waals surface area (Å²) in [5.74, 6) is 1.78. The van der Waals surface area contributed by atoms with Crippen molar-refractivity contribution >= 4 is 28.8 Å². The summed E-state index contributed by atoms with van der Waals surface area (Å²) >= 11 is 12.4. The van der Waals surface area contributed by atoms with Gasteiger partial charge in [0.2, 0.25) is 11.8 Å². The maximum Gasteiger partial charge on any atom is 0.244 e. The number of H-pyrrole nitrogens is 1. The normalized spacial score (nSPS) is 14.2. The largest absolute Gasteiger partial charge is 0.487 e. The first-order chi connectivity index (χ1) is 19.0. The van der Waals surface area contributed by atoms with Crippen LogP contribution < -0.4 is 9.47 Å². The van der Waals surface area contributed by atoms with E-state index in [1.165, 1.54) is 0 Å². The molecule has 39 heavy (non-hydrogen) atoms. The van der Waals surface area contributed by atoms with Crippen LogP contribution in [0, 0.1) is 6.92 Å². The maximum absolute atomic E-state index is 6.27. The number of rotatable bonds is 5. The number of hydrogen-bond donors (Lipinski definition) is 1. The molecule has 1 unspecified atom stereocenters. The van der Waals surface area contributed by atoms with Crippen molar-refractivity contribution in [2.24, 2.45) is 7.05 Å². The molecule has 0 fully saturated rings. The topological polar surface area (TPSA) is 108 Å². The molecule has 4 aromatic heterocycles. The van der Waals surface area contributed by atoms with Gasteiger partial charge in [0.15, 0.2) is 11.5 Å². The molecule has 0 spiro atoms. The molecule has 12 heteroatoms. The molecule has 2 aromatic carbocycles. The van der Waals surface area contributed by atoms with Crippen molar-refractivity contribution in [3.05, 3.63) is 99.2 Å². The highest BCUT2D eigenvalue weighted by Crippen LogP contribution is 2.48. The Morgan fingerprint density at radius 3 is 2.82 bits per heavy atom. The number of ether oxygens (including phenoxy) is 2. The van der Waals surface area contributed by atoms with E-state index in [0.717, 1.165) is 33.5 Å². The smallest absolute Gasteiger partial charge is 0.244 e. The van der Waals surface area contributed by atoms with Gasteiger partial charge in [-0.15, -0.1) is 10.2 Å². The first kappa shape index (κ1) is 23.7. The predicted octanol–water partition coefficient (Wildman–Crippen LogP) is 5.73. The van der Waals surface area contributed by atoms with E-state index in [1.54, 1.807) is 33.7 Å². The average Bonchev–Trinajstić information content (AvgIpc) is 3.67. The molecule has 1 atom stereocenters. The summed E-state index contributed by atoms with van der Waals surface area (Å²) in [7, 11) is 1.89. The summed E-state index contributed by atoms with van der Waals surface area (Å²) < 4.78 is 15.5. The van der Waals surface area contributed by atoms with Crippen LogP contribution in [-0.2, 0) is 13.7 Å². The minimum atomic E-state index is -0.230.